The number of hydrogen-bond acceptors (Lipinski definition) is 3. The number of fused-ring (bicyclic) bond motifs is 1. The predicted molar refractivity (Wildman–Crippen MR) is 52.7 cm³/mol. The van der Waals surface area contributed by atoms with Gasteiger partial charge >= 0.3 is 0 Å². The molecule has 2 aliphatic heterocycles. The van der Waals surface area contributed by atoms with Crippen LogP contribution in [0.3, 0.4) is 0 Å². The predicted octanol–water partition coefficient (Wildman–Crippen LogP) is 0.606. The summed E-state index contributed by atoms with van der Waals surface area (Å²) >= 11 is 0. The second kappa shape index (κ2) is 3.20. The number of alkyl halides is 1. The number of hydrogen-bond donors (Lipinski definition) is 0. The Kier molecular flexibility index (Phi) is 1.95. The van der Waals surface area contributed by atoms with Gasteiger partial charge in [-0.2, -0.15) is 5.10 Å². The van der Waals surface area contributed by atoms with Crippen molar-refractivity contribution >= 4 is 0 Å². The quantitative estimate of drug-likeness (QED) is 0.681. The molecule has 1 aromatic rings. The van der Waals surface area contributed by atoms with Crippen molar-refractivity contribution in [2.45, 2.75) is 25.7 Å². The van der Waals surface area contributed by atoms with Gasteiger partial charge in [-0.1, -0.05) is 0 Å². The van der Waals surface area contributed by atoms with Gasteiger partial charge < -0.3 is 4.74 Å². The maximum Gasteiger partial charge on any atom is 0.214 e. The van der Waals surface area contributed by atoms with Gasteiger partial charge in [-0.15, -0.1) is 0 Å². The number of ether oxygens (including phenoxy) is 1. The first-order valence-electron chi connectivity index (χ1n) is 5.27. The van der Waals surface area contributed by atoms with Gasteiger partial charge in [-0.25, -0.2) is 9.07 Å². The SMILES string of the molecule is Cc1cnn2c1OC[C@H](N1CC(F)C1)C2. The van der Waals surface area contributed by atoms with Crippen LogP contribution in [0.2, 0.25) is 0 Å². The second-order valence-electron chi connectivity index (χ2n) is 4.33. The van der Waals surface area contributed by atoms with E-state index >= 15 is 0 Å². The third-order valence-electron chi connectivity index (χ3n) is 3.14. The first kappa shape index (κ1) is 9.15. The van der Waals surface area contributed by atoms with E-state index in [0.717, 1.165) is 18.0 Å². The van der Waals surface area contributed by atoms with E-state index < -0.39 is 6.17 Å². The van der Waals surface area contributed by atoms with E-state index in [0.29, 0.717) is 19.7 Å². The van der Waals surface area contributed by atoms with Gasteiger partial charge in [-0.05, 0) is 6.92 Å². The molecule has 3 rings (SSSR count). The minimum Gasteiger partial charge on any atom is -0.476 e. The zero-order chi connectivity index (χ0) is 10.4. The van der Waals surface area contributed by atoms with E-state index in [1.807, 2.05) is 17.8 Å². The Balaban J connectivity index is 1.72. The fraction of sp³-hybridized carbons (Fsp3) is 0.700. The van der Waals surface area contributed by atoms with Crippen molar-refractivity contribution < 1.29 is 9.13 Å². The average molecular weight is 211 g/mol. The maximum atomic E-state index is 12.7. The molecular formula is C10H14FN3O. The zero-order valence-electron chi connectivity index (χ0n) is 8.69. The number of aromatic nitrogens is 2. The van der Waals surface area contributed by atoms with Gasteiger partial charge in [-0.3, -0.25) is 4.90 Å². The third kappa shape index (κ3) is 1.42. The molecule has 0 saturated carbocycles. The lowest BCUT2D eigenvalue weighted by molar-refractivity contribution is -0.0108. The Labute approximate surface area is 87.6 Å². The molecule has 0 spiro atoms. The molecule has 0 unspecified atom stereocenters. The van der Waals surface area contributed by atoms with Crippen LogP contribution in [0.25, 0.3) is 0 Å². The normalized spacial score (nSPS) is 26.9. The molecule has 82 valence electrons. The van der Waals surface area contributed by atoms with Gasteiger partial charge in [0.25, 0.3) is 0 Å². The largest absolute Gasteiger partial charge is 0.476 e. The molecule has 1 aromatic heterocycles. The van der Waals surface area contributed by atoms with Gasteiger partial charge in [0.05, 0.1) is 18.8 Å². The standard InChI is InChI=1S/C10H14FN3O/c1-7-2-12-14-5-9(6-15-10(7)14)13-3-8(11)4-13/h2,8-9H,3-6H2,1H3/t9-/m1/s1. The summed E-state index contributed by atoms with van der Waals surface area (Å²) in [5.74, 6) is 0.864. The molecule has 0 radical (unpaired) electrons. The number of aryl methyl sites for hydroxylation is 1. The lowest BCUT2D eigenvalue weighted by Crippen LogP contribution is -2.57. The van der Waals surface area contributed by atoms with E-state index in [1.54, 1.807) is 0 Å². The molecule has 0 aliphatic carbocycles. The van der Waals surface area contributed by atoms with E-state index in [4.69, 9.17) is 4.74 Å². The second-order valence-corrected chi connectivity index (χ2v) is 4.33. The van der Waals surface area contributed by atoms with Crippen molar-refractivity contribution in [2.24, 2.45) is 0 Å². The maximum absolute atomic E-state index is 12.7. The van der Waals surface area contributed by atoms with Crippen LogP contribution in [-0.2, 0) is 6.54 Å². The van der Waals surface area contributed by atoms with Crippen LogP contribution >= 0.6 is 0 Å². The van der Waals surface area contributed by atoms with Gasteiger partial charge in [0.2, 0.25) is 5.88 Å². The van der Waals surface area contributed by atoms with E-state index in [9.17, 15) is 4.39 Å². The van der Waals surface area contributed by atoms with Crippen LogP contribution in [0.15, 0.2) is 6.20 Å². The summed E-state index contributed by atoms with van der Waals surface area (Å²) in [5.41, 5.74) is 1.07. The van der Waals surface area contributed by atoms with Crippen molar-refractivity contribution in [2.75, 3.05) is 19.7 Å². The Morgan fingerprint density at radius 2 is 2.27 bits per heavy atom. The summed E-state index contributed by atoms with van der Waals surface area (Å²) in [5, 5.41) is 4.24. The molecule has 1 saturated heterocycles. The third-order valence-corrected chi connectivity index (χ3v) is 3.14. The Hall–Kier alpha value is -1.10. The van der Waals surface area contributed by atoms with Crippen LogP contribution in [0.1, 0.15) is 5.56 Å². The van der Waals surface area contributed by atoms with Crippen molar-refractivity contribution in [1.82, 2.24) is 14.7 Å². The Morgan fingerprint density at radius 3 is 3.00 bits per heavy atom. The fourth-order valence-corrected chi connectivity index (χ4v) is 2.19. The smallest absolute Gasteiger partial charge is 0.214 e. The van der Waals surface area contributed by atoms with E-state index in [-0.39, 0.29) is 6.04 Å². The van der Waals surface area contributed by atoms with Gasteiger partial charge in [0, 0.05) is 18.7 Å². The fourth-order valence-electron chi connectivity index (χ4n) is 2.19. The van der Waals surface area contributed by atoms with Crippen LogP contribution in [-0.4, -0.2) is 46.6 Å². The number of rotatable bonds is 1. The van der Waals surface area contributed by atoms with Gasteiger partial charge in [0.15, 0.2) is 0 Å². The molecule has 15 heavy (non-hydrogen) atoms. The highest BCUT2D eigenvalue weighted by molar-refractivity contribution is 5.23. The summed E-state index contributed by atoms with van der Waals surface area (Å²) in [6, 6.07) is 0.281. The monoisotopic (exact) mass is 211 g/mol. The van der Waals surface area contributed by atoms with Gasteiger partial charge in [0.1, 0.15) is 12.8 Å². The lowest BCUT2D eigenvalue weighted by atomic mass is 10.1. The minimum atomic E-state index is -0.647. The van der Waals surface area contributed by atoms with Crippen LogP contribution < -0.4 is 4.74 Å². The molecule has 2 aliphatic rings. The van der Waals surface area contributed by atoms with Crippen molar-refractivity contribution in [3.8, 4) is 5.88 Å². The highest BCUT2D eigenvalue weighted by atomic mass is 19.1. The molecule has 0 bridgehead atoms. The molecule has 3 heterocycles. The molecular weight excluding hydrogens is 197 g/mol. The Morgan fingerprint density at radius 1 is 1.47 bits per heavy atom. The minimum absolute atomic E-state index is 0.281. The van der Waals surface area contributed by atoms with E-state index in [1.165, 1.54) is 0 Å². The molecule has 4 nitrogen and oxygen atoms in total. The number of likely N-dealkylation sites (tertiary alicyclic amines) is 1. The topological polar surface area (TPSA) is 30.3 Å². The van der Waals surface area contributed by atoms with E-state index in [2.05, 4.69) is 10.00 Å². The summed E-state index contributed by atoms with van der Waals surface area (Å²) < 4.78 is 20.2. The Bertz CT molecular complexity index is 373. The zero-order valence-corrected chi connectivity index (χ0v) is 8.69. The molecule has 0 aromatic carbocycles. The summed E-state index contributed by atoms with van der Waals surface area (Å²) in [7, 11) is 0. The molecule has 5 heteroatoms. The highest BCUT2D eigenvalue weighted by Gasteiger charge is 2.35. The molecule has 0 N–H and O–H groups in total. The first-order valence-corrected chi connectivity index (χ1v) is 5.27. The van der Waals surface area contributed by atoms with Crippen molar-refractivity contribution in [1.29, 1.82) is 0 Å². The van der Waals surface area contributed by atoms with Crippen LogP contribution in [0, 0.1) is 6.92 Å². The molecule has 1 fully saturated rings. The summed E-state index contributed by atoms with van der Waals surface area (Å²) in [4.78, 5) is 2.12. The lowest BCUT2D eigenvalue weighted by Gasteiger charge is -2.41. The highest BCUT2D eigenvalue weighted by Crippen LogP contribution is 2.25. The first-order chi connectivity index (χ1) is 7.24. The van der Waals surface area contributed by atoms with Crippen LogP contribution in [0.4, 0.5) is 4.39 Å². The summed E-state index contributed by atoms with van der Waals surface area (Å²) in [6.45, 7) is 4.54. The van der Waals surface area contributed by atoms with Crippen molar-refractivity contribution in [3.63, 3.8) is 0 Å². The average Bonchev–Trinajstić information content (AvgIpc) is 2.55. The number of halogens is 1. The summed E-state index contributed by atoms with van der Waals surface area (Å²) in [6.07, 6.45) is 1.16. The van der Waals surface area contributed by atoms with Crippen LogP contribution in [0.5, 0.6) is 5.88 Å². The van der Waals surface area contributed by atoms with Crippen molar-refractivity contribution in [3.05, 3.63) is 11.8 Å². The molecule has 0 amide bonds. The number of nitrogens with zero attached hydrogens (tertiary/aromatic N) is 3. The molecule has 1 atom stereocenters.